The van der Waals surface area contributed by atoms with Gasteiger partial charge in [-0.2, -0.15) is 0 Å². The highest BCUT2D eigenvalue weighted by molar-refractivity contribution is 5.96. The van der Waals surface area contributed by atoms with E-state index >= 15 is 8.78 Å². The van der Waals surface area contributed by atoms with Crippen LogP contribution in [0.25, 0.3) is 22.0 Å². The first-order valence-electron chi connectivity index (χ1n) is 11.7. The largest absolute Gasteiger partial charge is 0.494 e. The minimum atomic E-state index is -0.886. The number of pyridine rings is 2. The van der Waals surface area contributed by atoms with Gasteiger partial charge in [-0.1, -0.05) is 6.58 Å². The first kappa shape index (κ1) is 26.1. The predicted octanol–water partition coefficient (Wildman–Crippen LogP) is 3.89. The maximum Gasteiger partial charge on any atom is 0.243 e. The zero-order chi connectivity index (χ0) is 26.7. The standard InChI is InChI=1S/C26H29F2N5O4/c1-6-22(34)32-18-12-37-11-17(18)31-21-8-15-14(10-29-21)7-16(33-26(15)30-13(2)3)23-24(27)19(35-4)9-20(36-5)25(23)28/h6-10,13,17-18H,1,11-12H2,2-5H3,(H,29,31)(H,30,33)(H,32,34)/t17-,18+/m1/s1. The lowest BCUT2D eigenvalue weighted by Gasteiger charge is -2.21. The van der Waals surface area contributed by atoms with Crippen LogP contribution in [-0.4, -0.2) is 61.4 Å². The highest BCUT2D eigenvalue weighted by atomic mass is 19.1. The lowest BCUT2D eigenvalue weighted by atomic mass is 10.0. The molecule has 0 saturated carbocycles. The van der Waals surface area contributed by atoms with Crippen LogP contribution in [0.2, 0.25) is 0 Å². The van der Waals surface area contributed by atoms with Gasteiger partial charge in [0.05, 0.1) is 50.8 Å². The van der Waals surface area contributed by atoms with Gasteiger partial charge in [0.1, 0.15) is 11.6 Å². The van der Waals surface area contributed by atoms with Gasteiger partial charge in [-0.3, -0.25) is 4.79 Å². The van der Waals surface area contributed by atoms with E-state index in [2.05, 4.69) is 32.5 Å². The van der Waals surface area contributed by atoms with Crippen molar-refractivity contribution < 1.29 is 27.8 Å². The van der Waals surface area contributed by atoms with Crippen LogP contribution in [0.1, 0.15) is 13.8 Å². The maximum atomic E-state index is 15.2. The van der Waals surface area contributed by atoms with Crippen LogP contribution < -0.4 is 25.4 Å². The zero-order valence-electron chi connectivity index (χ0n) is 21.0. The second-order valence-corrected chi connectivity index (χ2v) is 8.84. The van der Waals surface area contributed by atoms with Crippen molar-refractivity contribution >= 4 is 28.3 Å². The molecule has 2 aromatic heterocycles. The molecular formula is C26H29F2N5O4. The highest BCUT2D eigenvalue weighted by Gasteiger charge is 2.30. The monoisotopic (exact) mass is 513 g/mol. The fourth-order valence-electron chi connectivity index (χ4n) is 4.12. The number of methoxy groups -OCH3 is 2. The van der Waals surface area contributed by atoms with Crippen LogP contribution in [-0.2, 0) is 9.53 Å². The Bertz CT molecular complexity index is 1310. The Morgan fingerprint density at radius 2 is 1.81 bits per heavy atom. The Balaban J connectivity index is 1.77. The molecule has 1 aromatic carbocycles. The highest BCUT2D eigenvalue weighted by Crippen LogP contribution is 2.39. The third kappa shape index (κ3) is 5.41. The number of aromatic nitrogens is 2. The fraction of sp³-hybridized carbons (Fsp3) is 0.346. The average molecular weight is 514 g/mol. The third-order valence-electron chi connectivity index (χ3n) is 5.90. The van der Waals surface area contributed by atoms with Crippen LogP contribution in [0.5, 0.6) is 11.5 Å². The summed E-state index contributed by atoms with van der Waals surface area (Å²) in [5.74, 6) is -1.43. The summed E-state index contributed by atoms with van der Waals surface area (Å²) in [5.41, 5.74) is -0.308. The van der Waals surface area contributed by atoms with Gasteiger partial charge < -0.3 is 30.2 Å². The predicted molar refractivity (Wildman–Crippen MR) is 137 cm³/mol. The topological polar surface area (TPSA) is 107 Å². The first-order valence-corrected chi connectivity index (χ1v) is 11.7. The molecule has 0 bridgehead atoms. The smallest absolute Gasteiger partial charge is 0.243 e. The molecular weight excluding hydrogens is 484 g/mol. The van der Waals surface area contributed by atoms with Crippen molar-refractivity contribution in [2.75, 3.05) is 38.1 Å². The number of fused-ring (bicyclic) bond motifs is 1. The number of halogens is 2. The van der Waals surface area contributed by atoms with E-state index in [4.69, 9.17) is 14.2 Å². The van der Waals surface area contributed by atoms with E-state index in [1.807, 2.05) is 13.8 Å². The van der Waals surface area contributed by atoms with Crippen molar-refractivity contribution in [1.29, 1.82) is 0 Å². The molecule has 0 aliphatic carbocycles. The first-order chi connectivity index (χ1) is 17.7. The van der Waals surface area contributed by atoms with Crippen molar-refractivity contribution in [1.82, 2.24) is 15.3 Å². The van der Waals surface area contributed by atoms with Crippen molar-refractivity contribution in [3.8, 4) is 22.8 Å². The summed E-state index contributed by atoms with van der Waals surface area (Å²) in [7, 11) is 2.58. The molecule has 3 N–H and O–H groups in total. The van der Waals surface area contributed by atoms with E-state index in [9.17, 15) is 4.79 Å². The summed E-state index contributed by atoms with van der Waals surface area (Å²) in [4.78, 5) is 20.8. The Labute approximate surface area is 213 Å². The van der Waals surface area contributed by atoms with Crippen molar-refractivity contribution in [2.45, 2.75) is 32.0 Å². The van der Waals surface area contributed by atoms with E-state index in [-0.39, 0.29) is 46.8 Å². The van der Waals surface area contributed by atoms with Crippen LogP contribution in [0.4, 0.5) is 20.4 Å². The number of nitrogens with zero attached hydrogens (tertiary/aromatic N) is 2. The second kappa shape index (κ2) is 11.0. The molecule has 1 saturated heterocycles. The Morgan fingerprint density at radius 1 is 1.14 bits per heavy atom. The number of amides is 1. The number of hydrogen-bond acceptors (Lipinski definition) is 8. The SMILES string of the molecule is C=CC(=O)N[C@H]1COC[C@H]1Nc1cc2c(NC(C)C)nc(-c3c(F)c(OC)cc(OC)c3F)cc2cn1. The van der Waals surface area contributed by atoms with Crippen molar-refractivity contribution in [3.05, 3.63) is 48.7 Å². The minimum absolute atomic E-state index is 0.0215. The van der Waals surface area contributed by atoms with E-state index in [0.29, 0.717) is 35.6 Å². The zero-order valence-corrected chi connectivity index (χ0v) is 21.0. The second-order valence-electron chi connectivity index (χ2n) is 8.84. The minimum Gasteiger partial charge on any atom is -0.494 e. The molecule has 0 unspecified atom stereocenters. The number of anilines is 2. The van der Waals surface area contributed by atoms with Crippen molar-refractivity contribution in [2.24, 2.45) is 0 Å². The van der Waals surface area contributed by atoms with Gasteiger partial charge in [-0.25, -0.2) is 18.7 Å². The number of carbonyl (C=O) groups excluding carboxylic acids is 1. The number of hydrogen-bond donors (Lipinski definition) is 3. The molecule has 2 atom stereocenters. The molecule has 37 heavy (non-hydrogen) atoms. The molecule has 0 spiro atoms. The molecule has 0 radical (unpaired) electrons. The fourth-order valence-corrected chi connectivity index (χ4v) is 4.12. The lowest BCUT2D eigenvalue weighted by molar-refractivity contribution is -0.117. The Morgan fingerprint density at radius 3 is 2.43 bits per heavy atom. The van der Waals surface area contributed by atoms with Crippen LogP contribution >= 0.6 is 0 Å². The van der Waals surface area contributed by atoms with Crippen LogP contribution in [0, 0.1) is 11.6 Å². The van der Waals surface area contributed by atoms with E-state index in [1.54, 1.807) is 18.3 Å². The maximum absolute atomic E-state index is 15.2. The van der Waals surface area contributed by atoms with Gasteiger partial charge in [0, 0.05) is 29.1 Å². The molecule has 3 aromatic rings. The van der Waals surface area contributed by atoms with Crippen LogP contribution in [0.15, 0.2) is 37.1 Å². The molecule has 1 aliphatic rings. The van der Waals surface area contributed by atoms with Crippen LogP contribution in [0.3, 0.4) is 0 Å². The molecule has 11 heteroatoms. The van der Waals surface area contributed by atoms with Gasteiger partial charge >= 0.3 is 0 Å². The van der Waals surface area contributed by atoms with E-state index in [1.165, 1.54) is 20.3 Å². The van der Waals surface area contributed by atoms with Gasteiger partial charge in [0.15, 0.2) is 23.1 Å². The normalized spacial score (nSPS) is 17.1. The molecule has 4 rings (SSSR count). The van der Waals surface area contributed by atoms with E-state index in [0.717, 1.165) is 6.07 Å². The van der Waals surface area contributed by atoms with Gasteiger partial charge in [0.25, 0.3) is 0 Å². The Hall–Kier alpha value is -3.99. The Kier molecular flexibility index (Phi) is 7.72. The van der Waals surface area contributed by atoms with Gasteiger partial charge in [-0.15, -0.1) is 0 Å². The molecule has 196 valence electrons. The summed E-state index contributed by atoms with van der Waals surface area (Å²) in [6.07, 6.45) is 2.80. The number of rotatable bonds is 9. The summed E-state index contributed by atoms with van der Waals surface area (Å²) in [6.45, 7) is 8.08. The number of benzene rings is 1. The summed E-state index contributed by atoms with van der Waals surface area (Å²) in [5, 5.41) is 10.7. The van der Waals surface area contributed by atoms with Gasteiger partial charge in [-0.05, 0) is 32.1 Å². The molecule has 1 aliphatic heterocycles. The summed E-state index contributed by atoms with van der Waals surface area (Å²) < 4.78 is 46.1. The van der Waals surface area contributed by atoms with E-state index < -0.39 is 11.6 Å². The summed E-state index contributed by atoms with van der Waals surface area (Å²) >= 11 is 0. The number of nitrogens with one attached hydrogen (secondary N) is 3. The molecule has 1 fully saturated rings. The number of ether oxygens (including phenoxy) is 3. The quantitative estimate of drug-likeness (QED) is 0.370. The van der Waals surface area contributed by atoms with Gasteiger partial charge in [0.2, 0.25) is 5.91 Å². The molecule has 9 nitrogen and oxygen atoms in total. The third-order valence-corrected chi connectivity index (χ3v) is 5.90. The molecule has 1 amide bonds. The number of carbonyl (C=O) groups is 1. The van der Waals surface area contributed by atoms with Crippen molar-refractivity contribution in [3.63, 3.8) is 0 Å². The lowest BCUT2D eigenvalue weighted by Crippen LogP contribution is -2.45. The molecule has 3 heterocycles. The summed E-state index contributed by atoms with van der Waals surface area (Å²) in [6, 6.07) is 4.01. The average Bonchev–Trinajstić information content (AvgIpc) is 3.30.